The lowest BCUT2D eigenvalue weighted by atomic mass is 9.64. The van der Waals surface area contributed by atoms with Gasteiger partial charge in [0, 0.05) is 18.7 Å². The second-order valence-corrected chi connectivity index (χ2v) is 19.5. The van der Waals surface area contributed by atoms with Gasteiger partial charge in [-0.1, -0.05) is 152 Å². The first-order valence-electron chi connectivity index (χ1n) is 25.6. The number of para-hydroxylation sites is 1. The number of rotatable bonds is 10. The normalized spacial score (nSPS) is 23.0. The first-order chi connectivity index (χ1) is 36.3. The summed E-state index contributed by atoms with van der Waals surface area (Å²) in [7, 11) is 0. The van der Waals surface area contributed by atoms with Crippen molar-refractivity contribution >= 4 is 40.5 Å². The van der Waals surface area contributed by atoms with Crippen molar-refractivity contribution in [2.24, 2.45) is 5.92 Å². The number of hydrogen-bond acceptors (Lipinski definition) is 10. The molecule has 1 spiro atoms. The van der Waals surface area contributed by atoms with Crippen LogP contribution in [0.3, 0.4) is 0 Å². The van der Waals surface area contributed by atoms with Crippen LogP contribution in [0.25, 0.3) is 11.0 Å². The van der Waals surface area contributed by atoms with E-state index in [0.29, 0.717) is 35.5 Å². The number of urea groups is 1. The van der Waals surface area contributed by atoms with E-state index in [1.165, 1.54) is 4.90 Å². The highest BCUT2D eigenvalue weighted by atomic mass is 16.6. The monoisotopic (exact) mass is 987 g/mol. The fourth-order valence-electron chi connectivity index (χ4n) is 11.9. The van der Waals surface area contributed by atoms with Gasteiger partial charge in [-0.25, -0.2) is 14.4 Å². The predicted octanol–water partition coefficient (Wildman–Crippen LogP) is 8.78. The van der Waals surface area contributed by atoms with E-state index in [4.69, 9.17) is 9.47 Å². The number of hydrogen-bond donors (Lipinski definition) is 2. The van der Waals surface area contributed by atoms with Crippen LogP contribution in [0.2, 0.25) is 0 Å². The van der Waals surface area contributed by atoms with Crippen molar-refractivity contribution in [3.63, 3.8) is 0 Å². The molecule has 1 aromatic heterocycles. The molecule has 0 unspecified atom stereocenters. The van der Waals surface area contributed by atoms with Gasteiger partial charge in [-0.15, -0.1) is 5.10 Å². The average Bonchev–Trinajstić information content (AvgIpc) is 4.07. The molecule has 11 rings (SSSR count). The second kappa shape index (κ2) is 20.8. The van der Waals surface area contributed by atoms with Crippen LogP contribution < -0.4 is 15.0 Å². The number of nitrogens with one attached hydrogen (secondary N) is 1. The number of aliphatic hydroxyl groups excluding tert-OH is 1. The van der Waals surface area contributed by atoms with Gasteiger partial charge in [0.2, 0.25) is 11.8 Å². The molecule has 0 aliphatic carbocycles. The van der Waals surface area contributed by atoms with Gasteiger partial charge in [0.1, 0.15) is 42.0 Å². The van der Waals surface area contributed by atoms with Crippen molar-refractivity contribution in [2.45, 2.75) is 81.3 Å². The standard InChI is InChI=1S/C60H57N7O7/c1-40(42-20-8-5-9-21-42)61-59(72)66-49-33-28-41(19-18-36-65-50-27-15-14-26-48(50)62-63-65)39-47(49)60(58(66)71)51(56(69)64-34-16-3-2-4-17-35-64)53-57(70)74-54(44-24-12-7-13-25-44)52(43-22-10-6-11-23-43)67(53)55(60)45-29-31-46(32-30-45)73-38-37-68/h5-15,20-33,39-40,51-55,68H,2-4,16-17,34-38H2,1H3,(H,61,72)/t40-,51+,52+,53+,54-,55-,60+/m1/s1. The maximum atomic E-state index is 16.9. The molecule has 4 aliphatic rings. The van der Waals surface area contributed by atoms with Crippen LogP contribution in [0.15, 0.2) is 158 Å². The van der Waals surface area contributed by atoms with Crippen LogP contribution in [0.1, 0.15) is 96.6 Å². The Kier molecular flexibility index (Phi) is 13.5. The van der Waals surface area contributed by atoms with Crippen LogP contribution in [0.4, 0.5) is 10.5 Å². The second-order valence-electron chi connectivity index (χ2n) is 19.5. The number of imide groups is 1. The van der Waals surface area contributed by atoms with E-state index in [9.17, 15) is 5.11 Å². The number of morpholine rings is 1. The molecule has 0 radical (unpaired) electrons. The van der Waals surface area contributed by atoms with Gasteiger partial charge in [-0.2, -0.15) is 0 Å². The fourth-order valence-corrected chi connectivity index (χ4v) is 11.9. The summed E-state index contributed by atoms with van der Waals surface area (Å²) in [6, 6.07) is 44.8. The Morgan fingerprint density at radius 3 is 2.16 bits per heavy atom. The van der Waals surface area contributed by atoms with E-state index in [-0.39, 0.29) is 31.4 Å². The van der Waals surface area contributed by atoms with Crippen molar-refractivity contribution in [2.75, 3.05) is 31.2 Å². The van der Waals surface area contributed by atoms with E-state index >= 15 is 19.2 Å². The molecule has 7 atom stereocenters. The first-order valence-corrected chi connectivity index (χ1v) is 25.6. The summed E-state index contributed by atoms with van der Waals surface area (Å²) < 4.78 is 14.3. The number of aliphatic hydroxyl groups is 1. The minimum absolute atomic E-state index is 0.0578. The van der Waals surface area contributed by atoms with Crippen LogP contribution in [0.5, 0.6) is 5.75 Å². The van der Waals surface area contributed by atoms with Crippen molar-refractivity contribution < 1.29 is 33.8 Å². The molecular formula is C60H57N7O7. The molecule has 14 nitrogen and oxygen atoms in total. The Morgan fingerprint density at radius 1 is 0.784 bits per heavy atom. The van der Waals surface area contributed by atoms with Gasteiger partial charge >= 0.3 is 12.0 Å². The molecule has 7 aromatic rings. The number of carbonyl (C=O) groups is 4. The number of amides is 4. The number of fused-ring (bicyclic) bond motifs is 4. The largest absolute Gasteiger partial charge is 0.491 e. The van der Waals surface area contributed by atoms with Crippen LogP contribution in [-0.2, 0) is 31.1 Å². The fraction of sp³-hybridized carbons (Fsp3) is 0.300. The highest BCUT2D eigenvalue weighted by Crippen LogP contribution is 2.66. The van der Waals surface area contributed by atoms with Gasteiger partial charge in [-0.3, -0.25) is 19.3 Å². The lowest BCUT2D eigenvalue weighted by Crippen LogP contribution is -2.57. The summed E-state index contributed by atoms with van der Waals surface area (Å²) in [5, 5.41) is 21.5. The number of likely N-dealkylation sites (tertiary alicyclic amines) is 1. The molecular weight excluding hydrogens is 931 g/mol. The number of aromatic nitrogens is 3. The van der Waals surface area contributed by atoms with Crippen molar-refractivity contribution in [3.05, 3.63) is 191 Å². The number of benzene rings is 6. The van der Waals surface area contributed by atoms with Crippen molar-refractivity contribution in [1.29, 1.82) is 0 Å². The summed E-state index contributed by atoms with van der Waals surface area (Å²) in [5.41, 5.74) is 3.79. The highest BCUT2D eigenvalue weighted by molar-refractivity contribution is 6.24. The Morgan fingerprint density at radius 2 is 1.45 bits per heavy atom. The summed E-state index contributed by atoms with van der Waals surface area (Å²) in [6.07, 6.45) is 3.54. The van der Waals surface area contributed by atoms with E-state index in [1.807, 2.05) is 145 Å². The topological polar surface area (TPSA) is 159 Å². The lowest BCUT2D eigenvalue weighted by molar-refractivity contribution is -0.179. The van der Waals surface area contributed by atoms with Crippen LogP contribution >= 0.6 is 0 Å². The van der Waals surface area contributed by atoms with Crippen molar-refractivity contribution in [3.8, 4) is 17.6 Å². The average molecular weight is 988 g/mol. The third-order valence-electron chi connectivity index (χ3n) is 15.2. The van der Waals surface area contributed by atoms with Gasteiger partial charge in [-0.05, 0) is 90.0 Å². The third kappa shape index (κ3) is 8.65. The van der Waals surface area contributed by atoms with Gasteiger partial charge < -0.3 is 24.8 Å². The smallest absolute Gasteiger partial charge is 0.329 e. The zero-order valence-electron chi connectivity index (χ0n) is 41.1. The van der Waals surface area contributed by atoms with E-state index < -0.39 is 59.5 Å². The molecule has 2 N–H and O–H groups in total. The molecule has 14 heteroatoms. The predicted molar refractivity (Wildman–Crippen MR) is 278 cm³/mol. The number of ether oxygens (including phenoxy) is 2. The Labute approximate surface area is 429 Å². The molecule has 74 heavy (non-hydrogen) atoms. The first kappa shape index (κ1) is 48.2. The number of carbonyl (C=O) groups excluding carboxylic acids is 4. The van der Waals surface area contributed by atoms with Crippen LogP contribution in [-0.4, -0.2) is 86.1 Å². The molecule has 0 saturated carbocycles. The number of anilines is 1. The van der Waals surface area contributed by atoms with Gasteiger partial charge in [0.05, 0.1) is 41.9 Å². The SMILES string of the molecule is C[C@@H](NC(=O)N1C(=O)[C@@]2(c3cc(C#CCn4nnc5ccccc54)ccc31)[C@H](C(=O)N1CCCCCCC1)[C@H]1C(=O)O[C@H](c3ccccc3)[C@H](c3ccccc3)N1[C@@H]2c1ccc(OCCO)cc1)c1ccccc1. The third-order valence-corrected chi connectivity index (χ3v) is 15.2. The molecule has 3 fully saturated rings. The molecule has 5 heterocycles. The molecule has 3 saturated heterocycles. The molecule has 4 amide bonds. The number of esters is 1. The Bertz CT molecular complexity index is 3240. The minimum atomic E-state index is -1.95. The zero-order chi connectivity index (χ0) is 50.8. The quantitative estimate of drug-likeness (QED) is 0.100. The number of nitrogens with zero attached hydrogens (tertiary/aromatic N) is 6. The molecule has 4 aliphatic heterocycles. The highest BCUT2D eigenvalue weighted by Gasteiger charge is 2.76. The molecule has 6 aromatic carbocycles. The molecule has 0 bridgehead atoms. The summed E-state index contributed by atoms with van der Waals surface area (Å²) >= 11 is 0. The maximum Gasteiger partial charge on any atom is 0.329 e. The van der Waals surface area contributed by atoms with Gasteiger partial charge in [0.25, 0.3) is 0 Å². The van der Waals surface area contributed by atoms with Gasteiger partial charge in [0.15, 0.2) is 0 Å². The summed E-state index contributed by atoms with van der Waals surface area (Å²) in [6.45, 7) is 2.80. The lowest BCUT2D eigenvalue weighted by Gasteiger charge is -2.46. The Balaban J connectivity index is 1.17. The molecule has 374 valence electrons. The van der Waals surface area contributed by atoms with Crippen LogP contribution in [0, 0.1) is 17.8 Å². The van der Waals surface area contributed by atoms with E-state index in [0.717, 1.165) is 59.8 Å². The van der Waals surface area contributed by atoms with E-state index in [1.54, 1.807) is 28.9 Å². The Hall–Kier alpha value is -8.12. The summed E-state index contributed by atoms with van der Waals surface area (Å²) in [5.74, 6) is 4.03. The zero-order valence-corrected chi connectivity index (χ0v) is 41.1. The van der Waals surface area contributed by atoms with Crippen molar-refractivity contribution in [1.82, 2.24) is 30.1 Å². The number of cyclic esters (lactones) is 1. The summed E-state index contributed by atoms with van der Waals surface area (Å²) in [4.78, 5) is 69.4. The maximum absolute atomic E-state index is 16.9. The van der Waals surface area contributed by atoms with E-state index in [2.05, 4.69) is 32.4 Å². The minimum Gasteiger partial charge on any atom is -0.491 e.